The Morgan fingerprint density at radius 3 is 2.41 bits per heavy atom. The number of nitrogens with zero attached hydrogens (tertiary/aromatic N) is 1. The fourth-order valence-electron chi connectivity index (χ4n) is 3.07. The molecule has 0 aliphatic carbocycles. The summed E-state index contributed by atoms with van der Waals surface area (Å²) in [7, 11) is 4.74. The van der Waals surface area contributed by atoms with Crippen molar-refractivity contribution >= 4 is 16.8 Å². The average molecular weight is 368 g/mol. The Balaban J connectivity index is 1.62. The van der Waals surface area contributed by atoms with Gasteiger partial charge in [0.1, 0.15) is 5.75 Å². The van der Waals surface area contributed by atoms with Gasteiger partial charge in [0.15, 0.2) is 11.5 Å². The molecule has 0 radical (unpaired) electrons. The van der Waals surface area contributed by atoms with Crippen molar-refractivity contribution in [2.75, 3.05) is 21.3 Å². The molecule has 0 saturated carbocycles. The molecule has 6 nitrogen and oxygen atoms in total. The Kier molecular flexibility index (Phi) is 5.86. The minimum absolute atomic E-state index is 0.0235. The molecule has 2 aromatic carbocycles. The Labute approximate surface area is 158 Å². The zero-order valence-corrected chi connectivity index (χ0v) is 15.8. The second kappa shape index (κ2) is 8.49. The highest BCUT2D eigenvalue weighted by molar-refractivity contribution is 5.80. The molecular weight excluding hydrogens is 344 g/mol. The molecule has 1 amide bonds. The van der Waals surface area contributed by atoms with E-state index < -0.39 is 0 Å². The SMILES string of the molecule is COc1cc(OC)c(OC)cc1CNC(=O)CCn1ccc2ccccc21. The van der Waals surface area contributed by atoms with E-state index in [0.717, 1.165) is 11.1 Å². The number of ether oxygens (including phenoxy) is 3. The first-order chi connectivity index (χ1) is 13.2. The van der Waals surface area contributed by atoms with Gasteiger partial charge >= 0.3 is 0 Å². The molecule has 0 spiro atoms. The number of hydrogen-bond acceptors (Lipinski definition) is 4. The van der Waals surface area contributed by atoms with Crippen LogP contribution in [0.3, 0.4) is 0 Å². The van der Waals surface area contributed by atoms with Crippen molar-refractivity contribution in [3.8, 4) is 17.2 Å². The van der Waals surface area contributed by atoms with Gasteiger partial charge in [-0.2, -0.15) is 0 Å². The quantitative estimate of drug-likeness (QED) is 0.662. The predicted molar refractivity (Wildman–Crippen MR) is 104 cm³/mol. The Bertz CT molecular complexity index is 933. The van der Waals surface area contributed by atoms with Gasteiger partial charge in [0, 0.05) is 42.9 Å². The molecule has 3 rings (SSSR count). The number of rotatable bonds is 8. The molecule has 1 aromatic heterocycles. The van der Waals surface area contributed by atoms with Crippen molar-refractivity contribution in [3.05, 3.63) is 54.2 Å². The van der Waals surface area contributed by atoms with Crippen LogP contribution in [0.25, 0.3) is 10.9 Å². The fourth-order valence-corrected chi connectivity index (χ4v) is 3.07. The van der Waals surface area contributed by atoms with Gasteiger partial charge in [0.05, 0.1) is 21.3 Å². The molecule has 0 saturated heterocycles. The molecule has 0 atom stereocenters. The van der Waals surface area contributed by atoms with E-state index in [2.05, 4.69) is 28.1 Å². The van der Waals surface area contributed by atoms with Crippen molar-refractivity contribution in [2.45, 2.75) is 19.5 Å². The topological polar surface area (TPSA) is 61.7 Å². The summed E-state index contributed by atoms with van der Waals surface area (Å²) in [4.78, 5) is 12.3. The van der Waals surface area contributed by atoms with E-state index in [1.54, 1.807) is 27.4 Å². The van der Waals surface area contributed by atoms with Gasteiger partial charge in [-0.15, -0.1) is 0 Å². The summed E-state index contributed by atoms with van der Waals surface area (Å²) in [5, 5.41) is 4.12. The molecule has 142 valence electrons. The number of aromatic nitrogens is 1. The van der Waals surface area contributed by atoms with Crippen molar-refractivity contribution in [2.24, 2.45) is 0 Å². The predicted octanol–water partition coefficient (Wildman–Crippen LogP) is 3.37. The summed E-state index contributed by atoms with van der Waals surface area (Å²) in [6.45, 7) is 0.983. The minimum atomic E-state index is -0.0235. The molecule has 0 fully saturated rings. The van der Waals surface area contributed by atoms with Crippen LogP contribution >= 0.6 is 0 Å². The maximum Gasteiger partial charge on any atom is 0.222 e. The molecule has 3 aromatic rings. The summed E-state index contributed by atoms with van der Waals surface area (Å²) in [5.41, 5.74) is 1.96. The van der Waals surface area contributed by atoms with Crippen molar-refractivity contribution in [1.82, 2.24) is 9.88 Å². The van der Waals surface area contributed by atoms with E-state index >= 15 is 0 Å². The summed E-state index contributed by atoms with van der Waals surface area (Å²) in [6, 6.07) is 13.8. The van der Waals surface area contributed by atoms with Gasteiger partial charge < -0.3 is 24.1 Å². The van der Waals surface area contributed by atoms with Crippen LogP contribution in [-0.2, 0) is 17.9 Å². The van der Waals surface area contributed by atoms with E-state index in [1.165, 1.54) is 5.39 Å². The fraction of sp³-hybridized carbons (Fsp3) is 0.286. The molecule has 27 heavy (non-hydrogen) atoms. The maximum atomic E-state index is 12.3. The molecular formula is C21H24N2O4. The number of fused-ring (bicyclic) bond motifs is 1. The van der Waals surface area contributed by atoms with Crippen molar-refractivity contribution in [1.29, 1.82) is 0 Å². The number of carbonyl (C=O) groups is 1. The summed E-state index contributed by atoms with van der Waals surface area (Å²) >= 11 is 0. The van der Waals surface area contributed by atoms with E-state index in [1.807, 2.05) is 24.4 Å². The zero-order valence-electron chi connectivity index (χ0n) is 15.8. The lowest BCUT2D eigenvalue weighted by Gasteiger charge is -2.14. The van der Waals surface area contributed by atoms with Crippen LogP contribution in [0.4, 0.5) is 0 Å². The van der Waals surface area contributed by atoms with E-state index in [9.17, 15) is 4.79 Å². The van der Waals surface area contributed by atoms with Crippen LogP contribution in [0.2, 0.25) is 0 Å². The van der Waals surface area contributed by atoms with Gasteiger partial charge in [0.2, 0.25) is 5.91 Å². The first-order valence-electron chi connectivity index (χ1n) is 8.75. The minimum Gasteiger partial charge on any atom is -0.496 e. The number of para-hydroxylation sites is 1. The molecule has 0 aliphatic heterocycles. The van der Waals surface area contributed by atoms with Gasteiger partial charge in [-0.3, -0.25) is 4.79 Å². The van der Waals surface area contributed by atoms with E-state index in [0.29, 0.717) is 36.8 Å². The number of benzene rings is 2. The lowest BCUT2D eigenvalue weighted by molar-refractivity contribution is -0.121. The standard InChI is InChI=1S/C21H24N2O4/c1-25-18-13-20(27-3)19(26-2)12-16(18)14-22-21(24)9-11-23-10-8-15-6-4-5-7-17(15)23/h4-8,10,12-13H,9,11,14H2,1-3H3,(H,22,24). The second-order valence-electron chi connectivity index (χ2n) is 6.11. The van der Waals surface area contributed by atoms with Crippen LogP contribution in [0.5, 0.6) is 17.2 Å². The highest BCUT2D eigenvalue weighted by atomic mass is 16.5. The van der Waals surface area contributed by atoms with Crippen LogP contribution in [0.1, 0.15) is 12.0 Å². The number of amides is 1. The lowest BCUT2D eigenvalue weighted by atomic mass is 10.1. The van der Waals surface area contributed by atoms with Gasteiger partial charge in [-0.1, -0.05) is 18.2 Å². The Morgan fingerprint density at radius 1 is 0.963 bits per heavy atom. The maximum absolute atomic E-state index is 12.3. The third kappa shape index (κ3) is 4.16. The zero-order chi connectivity index (χ0) is 19.2. The highest BCUT2D eigenvalue weighted by Crippen LogP contribution is 2.34. The average Bonchev–Trinajstić information content (AvgIpc) is 3.13. The van der Waals surface area contributed by atoms with Crippen LogP contribution in [0.15, 0.2) is 48.7 Å². The monoisotopic (exact) mass is 368 g/mol. The largest absolute Gasteiger partial charge is 0.496 e. The van der Waals surface area contributed by atoms with Crippen LogP contribution in [0, 0.1) is 0 Å². The van der Waals surface area contributed by atoms with Crippen molar-refractivity contribution < 1.29 is 19.0 Å². The first-order valence-corrected chi connectivity index (χ1v) is 8.75. The Hall–Kier alpha value is -3.15. The van der Waals surface area contributed by atoms with E-state index in [4.69, 9.17) is 14.2 Å². The molecule has 0 unspecified atom stereocenters. The number of carbonyl (C=O) groups excluding carboxylic acids is 1. The molecule has 0 bridgehead atoms. The molecule has 6 heteroatoms. The van der Waals surface area contributed by atoms with Gasteiger partial charge in [-0.25, -0.2) is 0 Å². The van der Waals surface area contributed by atoms with Crippen LogP contribution < -0.4 is 19.5 Å². The van der Waals surface area contributed by atoms with E-state index in [-0.39, 0.29) is 5.91 Å². The third-order valence-corrected chi connectivity index (χ3v) is 4.52. The van der Waals surface area contributed by atoms with Gasteiger partial charge in [-0.05, 0) is 23.6 Å². The second-order valence-corrected chi connectivity index (χ2v) is 6.11. The normalized spacial score (nSPS) is 10.6. The number of aryl methyl sites for hydroxylation is 1. The smallest absolute Gasteiger partial charge is 0.222 e. The molecule has 1 N–H and O–H groups in total. The highest BCUT2D eigenvalue weighted by Gasteiger charge is 2.13. The van der Waals surface area contributed by atoms with Crippen LogP contribution in [-0.4, -0.2) is 31.8 Å². The number of nitrogens with one attached hydrogen (secondary N) is 1. The summed E-state index contributed by atoms with van der Waals surface area (Å²) < 4.78 is 18.1. The third-order valence-electron chi connectivity index (χ3n) is 4.52. The summed E-state index contributed by atoms with van der Waals surface area (Å²) in [5.74, 6) is 1.80. The Morgan fingerprint density at radius 2 is 1.67 bits per heavy atom. The molecule has 1 heterocycles. The first kappa shape index (κ1) is 18.6. The number of hydrogen-bond donors (Lipinski definition) is 1. The lowest BCUT2D eigenvalue weighted by Crippen LogP contribution is -2.24. The number of methoxy groups -OCH3 is 3. The van der Waals surface area contributed by atoms with Crippen molar-refractivity contribution in [3.63, 3.8) is 0 Å². The summed E-state index contributed by atoms with van der Waals surface area (Å²) in [6.07, 6.45) is 2.41. The van der Waals surface area contributed by atoms with Gasteiger partial charge in [0.25, 0.3) is 0 Å². The molecule has 0 aliphatic rings.